The van der Waals surface area contributed by atoms with E-state index in [1.54, 1.807) is 6.92 Å². The van der Waals surface area contributed by atoms with Gasteiger partial charge in [0.2, 0.25) is 0 Å². The molecule has 0 heterocycles. The van der Waals surface area contributed by atoms with Crippen LogP contribution >= 0.6 is 0 Å². The second-order valence-electron chi connectivity index (χ2n) is 4.49. The largest absolute Gasteiger partial charge is 0.377 e. The van der Waals surface area contributed by atoms with Gasteiger partial charge in [0.15, 0.2) is 5.78 Å². The fraction of sp³-hybridized carbons (Fsp3) is 0.667. The monoisotopic (exact) mass is 237 g/mol. The molecule has 0 rings (SSSR count). The van der Waals surface area contributed by atoms with Crippen LogP contribution in [0.1, 0.15) is 53.4 Å². The Labute approximate surface area is 106 Å². The number of ketones is 1. The highest BCUT2D eigenvalue weighted by Gasteiger charge is 1.97. The molecule has 98 valence electrons. The lowest BCUT2D eigenvalue weighted by Crippen LogP contribution is -2.19. The van der Waals surface area contributed by atoms with Crippen LogP contribution in [-0.4, -0.2) is 23.8 Å². The molecule has 0 atom stereocenters. The Hall–Kier alpha value is -1.05. The van der Waals surface area contributed by atoms with Crippen molar-refractivity contribution in [2.45, 2.75) is 53.4 Å². The van der Waals surface area contributed by atoms with E-state index >= 15 is 0 Å². The molecule has 0 aromatic heterocycles. The molecule has 0 radical (unpaired) electrons. The molecule has 0 amide bonds. The lowest BCUT2D eigenvalue weighted by Gasteiger charge is -2.19. The zero-order valence-electron chi connectivity index (χ0n) is 11.8. The molecule has 2 nitrogen and oxygen atoms in total. The molecule has 0 fully saturated rings. The van der Waals surface area contributed by atoms with Crippen molar-refractivity contribution >= 4 is 5.78 Å². The maximum absolute atomic E-state index is 11.0. The summed E-state index contributed by atoms with van der Waals surface area (Å²) in [5.74, 6) is 0.142. The van der Waals surface area contributed by atoms with Gasteiger partial charge in [-0.15, -0.1) is 0 Å². The van der Waals surface area contributed by atoms with Crippen LogP contribution in [0.4, 0.5) is 0 Å². The summed E-state index contributed by atoms with van der Waals surface area (Å²) in [6, 6.07) is 0. The molecule has 0 saturated carbocycles. The van der Waals surface area contributed by atoms with Crippen LogP contribution in [0.25, 0.3) is 0 Å². The van der Waals surface area contributed by atoms with Gasteiger partial charge in [-0.25, -0.2) is 0 Å². The fourth-order valence-electron chi connectivity index (χ4n) is 1.41. The molecule has 0 aromatic rings. The van der Waals surface area contributed by atoms with Crippen molar-refractivity contribution in [2.24, 2.45) is 0 Å². The summed E-state index contributed by atoms with van der Waals surface area (Å²) in [5.41, 5.74) is 0.812. The number of carbonyl (C=O) groups excluding carboxylic acids is 1. The summed E-state index contributed by atoms with van der Waals surface area (Å²) in [6.45, 7) is 10.1. The quantitative estimate of drug-likeness (QED) is 0.447. The molecular formula is C15H27NO. The third-order valence-electron chi connectivity index (χ3n) is 2.80. The highest BCUT2D eigenvalue weighted by atomic mass is 16.1. The predicted octanol–water partition coefficient (Wildman–Crippen LogP) is 3.94. The van der Waals surface area contributed by atoms with Crippen LogP contribution in [0.3, 0.4) is 0 Å². The average Bonchev–Trinajstić information content (AvgIpc) is 2.31. The second kappa shape index (κ2) is 10.1. The SMILES string of the molecule is CCCCN(C=CC=C(C)C(C)=O)CCCC. The Bertz CT molecular complexity index is 258. The van der Waals surface area contributed by atoms with E-state index in [0.717, 1.165) is 18.7 Å². The fourth-order valence-corrected chi connectivity index (χ4v) is 1.41. The molecular weight excluding hydrogens is 210 g/mol. The van der Waals surface area contributed by atoms with Crippen molar-refractivity contribution in [2.75, 3.05) is 13.1 Å². The second-order valence-corrected chi connectivity index (χ2v) is 4.49. The number of nitrogens with zero attached hydrogens (tertiary/aromatic N) is 1. The number of unbranched alkanes of at least 4 members (excludes halogenated alkanes) is 2. The normalized spacial score (nSPS) is 12.1. The number of allylic oxidation sites excluding steroid dienone is 3. The minimum absolute atomic E-state index is 0.142. The van der Waals surface area contributed by atoms with Crippen LogP contribution in [0.5, 0.6) is 0 Å². The Balaban J connectivity index is 4.24. The molecule has 0 unspecified atom stereocenters. The summed E-state index contributed by atoms with van der Waals surface area (Å²) in [6.07, 6.45) is 10.9. The first kappa shape index (κ1) is 16.0. The van der Waals surface area contributed by atoms with Gasteiger partial charge in [0, 0.05) is 13.1 Å². The van der Waals surface area contributed by atoms with Crippen molar-refractivity contribution in [1.29, 1.82) is 0 Å². The Morgan fingerprint density at radius 2 is 1.59 bits per heavy atom. The van der Waals surface area contributed by atoms with E-state index in [1.165, 1.54) is 25.7 Å². The van der Waals surface area contributed by atoms with Crippen molar-refractivity contribution in [3.05, 3.63) is 23.9 Å². The van der Waals surface area contributed by atoms with Crippen LogP contribution in [0.2, 0.25) is 0 Å². The number of carbonyl (C=O) groups is 1. The van der Waals surface area contributed by atoms with E-state index < -0.39 is 0 Å². The minimum atomic E-state index is 0.142. The van der Waals surface area contributed by atoms with Gasteiger partial charge >= 0.3 is 0 Å². The van der Waals surface area contributed by atoms with Crippen molar-refractivity contribution in [3.8, 4) is 0 Å². The van der Waals surface area contributed by atoms with E-state index in [-0.39, 0.29) is 5.78 Å². The van der Waals surface area contributed by atoms with E-state index in [9.17, 15) is 4.79 Å². The van der Waals surface area contributed by atoms with Crippen molar-refractivity contribution < 1.29 is 4.79 Å². The number of Topliss-reactive ketones (excluding diaryl/α,β-unsaturated/α-hetero) is 1. The van der Waals surface area contributed by atoms with E-state index in [1.807, 2.05) is 19.1 Å². The Morgan fingerprint density at radius 3 is 2.00 bits per heavy atom. The molecule has 0 saturated heterocycles. The standard InChI is InChI=1S/C15H27NO/c1-5-7-11-16(12-8-6-2)13-9-10-14(3)15(4)17/h9-10,13H,5-8,11-12H2,1-4H3. The smallest absolute Gasteiger partial charge is 0.155 e. The van der Waals surface area contributed by atoms with Gasteiger partial charge in [0.25, 0.3) is 0 Å². The first-order valence-corrected chi connectivity index (χ1v) is 6.71. The summed E-state index contributed by atoms with van der Waals surface area (Å²) >= 11 is 0. The Kier molecular flexibility index (Phi) is 9.50. The molecule has 0 aliphatic rings. The molecule has 0 aromatic carbocycles. The summed E-state index contributed by atoms with van der Waals surface area (Å²) < 4.78 is 0. The molecule has 0 N–H and O–H groups in total. The maximum Gasteiger partial charge on any atom is 0.155 e. The molecule has 0 spiro atoms. The topological polar surface area (TPSA) is 20.3 Å². The van der Waals surface area contributed by atoms with Gasteiger partial charge in [-0.2, -0.15) is 0 Å². The summed E-state index contributed by atoms with van der Waals surface area (Å²) in [4.78, 5) is 13.4. The predicted molar refractivity (Wildman–Crippen MR) is 75.0 cm³/mol. The van der Waals surface area contributed by atoms with Gasteiger partial charge in [0.1, 0.15) is 0 Å². The first-order valence-electron chi connectivity index (χ1n) is 6.71. The van der Waals surface area contributed by atoms with Gasteiger partial charge in [0.05, 0.1) is 0 Å². The third kappa shape index (κ3) is 8.73. The first-order chi connectivity index (χ1) is 8.11. The number of hydrogen-bond acceptors (Lipinski definition) is 2. The molecule has 0 aliphatic carbocycles. The average molecular weight is 237 g/mol. The van der Waals surface area contributed by atoms with Crippen molar-refractivity contribution in [1.82, 2.24) is 4.90 Å². The summed E-state index contributed by atoms with van der Waals surface area (Å²) in [5, 5.41) is 0. The zero-order valence-corrected chi connectivity index (χ0v) is 11.8. The highest BCUT2D eigenvalue weighted by Crippen LogP contribution is 2.01. The maximum atomic E-state index is 11.0. The van der Waals surface area contributed by atoms with Gasteiger partial charge in [-0.05, 0) is 44.5 Å². The van der Waals surface area contributed by atoms with Crippen LogP contribution < -0.4 is 0 Å². The lowest BCUT2D eigenvalue weighted by molar-refractivity contribution is -0.113. The molecule has 0 aliphatic heterocycles. The molecule has 17 heavy (non-hydrogen) atoms. The van der Waals surface area contributed by atoms with Gasteiger partial charge < -0.3 is 4.90 Å². The zero-order chi connectivity index (χ0) is 13.1. The van der Waals surface area contributed by atoms with Crippen LogP contribution in [0.15, 0.2) is 23.9 Å². The highest BCUT2D eigenvalue weighted by molar-refractivity contribution is 5.92. The van der Waals surface area contributed by atoms with E-state index in [0.29, 0.717) is 0 Å². The molecule has 0 bridgehead atoms. The number of hydrogen-bond donors (Lipinski definition) is 0. The summed E-state index contributed by atoms with van der Waals surface area (Å²) in [7, 11) is 0. The lowest BCUT2D eigenvalue weighted by atomic mass is 10.2. The van der Waals surface area contributed by atoms with Crippen LogP contribution in [-0.2, 0) is 4.79 Å². The van der Waals surface area contributed by atoms with Crippen LogP contribution in [0, 0.1) is 0 Å². The van der Waals surface area contributed by atoms with E-state index in [4.69, 9.17) is 0 Å². The van der Waals surface area contributed by atoms with Gasteiger partial charge in [-0.1, -0.05) is 32.8 Å². The van der Waals surface area contributed by atoms with E-state index in [2.05, 4.69) is 24.9 Å². The van der Waals surface area contributed by atoms with Gasteiger partial charge in [-0.3, -0.25) is 4.79 Å². The minimum Gasteiger partial charge on any atom is -0.377 e. The third-order valence-corrected chi connectivity index (χ3v) is 2.80. The molecule has 2 heteroatoms. The Morgan fingerprint density at radius 1 is 1.06 bits per heavy atom. The number of rotatable bonds is 9. The van der Waals surface area contributed by atoms with Crippen molar-refractivity contribution in [3.63, 3.8) is 0 Å².